The third-order valence-electron chi connectivity index (χ3n) is 2.71. The van der Waals surface area contributed by atoms with E-state index in [0.29, 0.717) is 17.4 Å². The standard InChI is InChI=1S/C14H12N4O/c1-9-7-11(5-6-16-9)14-17-13(18-19-14)10-3-2-4-12(15)8-10/h2-8H,15H2,1H3. The highest BCUT2D eigenvalue weighted by Gasteiger charge is 2.10. The van der Waals surface area contributed by atoms with Crippen molar-refractivity contribution in [1.29, 1.82) is 0 Å². The molecule has 0 spiro atoms. The largest absolute Gasteiger partial charge is 0.399 e. The summed E-state index contributed by atoms with van der Waals surface area (Å²) >= 11 is 0. The Hall–Kier alpha value is -2.69. The van der Waals surface area contributed by atoms with Gasteiger partial charge >= 0.3 is 0 Å². The molecule has 0 bridgehead atoms. The van der Waals surface area contributed by atoms with Crippen LogP contribution in [-0.2, 0) is 0 Å². The zero-order chi connectivity index (χ0) is 13.2. The molecule has 2 N–H and O–H groups in total. The summed E-state index contributed by atoms with van der Waals surface area (Å²) in [6.07, 6.45) is 1.72. The molecule has 3 aromatic rings. The highest BCUT2D eigenvalue weighted by Crippen LogP contribution is 2.23. The molecule has 2 aromatic heterocycles. The van der Waals surface area contributed by atoms with Crippen LogP contribution < -0.4 is 5.73 Å². The first kappa shape index (κ1) is 11.4. The molecule has 0 radical (unpaired) electrons. The van der Waals surface area contributed by atoms with Gasteiger partial charge in [0.1, 0.15) is 0 Å². The predicted molar refractivity (Wildman–Crippen MR) is 72.1 cm³/mol. The quantitative estimate of drug-likeness (QED) is 0.709. The van der Waals surface area contributed by atoms with Crippen LogP contribution in [0, 0.1) is 6.92 Å². The van der Waals surface area contributed by atoms with Crippen molar-refractivity contribution in [3.05, 3.63) is 48.3 Å². The van der Waals surface area contributed by atoms with Crippen molar-refractivity contribution in [3.8, 4) is 22.8 Å². The van der Waals surface area contributed by atoms with Crippen molar-refractivity contribution in [3.63, 3.8) is 0 Å². The van der Waals surface area contributed by atoms with Gasteiger partial charge in [0.25, 0.3) is 5.89 Å². The first-order valence-electron chi connectivity index (χ1n) is 5.85. The fraction of sp³-hybridized carbons (Fsp3) is 0.0714. The fourth-order valence-corrected chi connectivity index (χ4v) is 1.81. The molecule has 0 atom stereocenters. The molecule has 94 valence electrons. The first-order chi connectivity index (χ1) is 9.22. The molecule has 2 heterocycles. The molecular formula is C14H12N4O. The van der Waals surface area contributed by atoms with E-state index < -0.39 is 0 Å². The number of hydrogen-bond donors (Lipinski definition) is 1. The van der Waals surface area contributed by atoms with E-state index in [0.717, 1.165) is 16.8 Å². The Bertz CT molecular complexity index is 661. The van der Waals surface area contributed by atoms with Crippen LogP contribution in [0.4, 0.5) is 5.69 Å². The zero-order valence-corrected chi connectivity index (χ0v) is 10.4. The summed E-state index contributed by atoms with van der Waals surface area (Å²) in [6, 6.07) is 11.1. The van der Waals surface area contributed by atoms with Gasteiger partial charge in [0.2, 0.25) is 5.82 Å². The van der Waals surface area contributed by atoms with E-state index in [1.54, 1.807) is 6.20 Å². The molecular weight excluding hydrogens is 240 g/mol. The molecule has 0 fully saturated rings. The first-order valence-corrected chi connectivity index (χ1v) is 5.85. The molecule has 19 heavy (non-hydrogen) atoms. The number of hydrogen-bond acceptors (Lipinski definition) is 5. The molecule has 0 aliphatic rings. The lowest BCUT2D eigenvalue weighted by Crippen LogP contribution is -1.86. The number of nitrogen functional groups attached to an aromatic ring is 1. The Kier molecular flexibility index (Phi) is 2.72. The Morgan fingerprint density at radius 1 is 1.11 bits per heavy atom. The van der Waals surface area contributed by atoms with Crippen LogP contribution in [0.5, 0.6) is 0 Å². The second-order valence-corrected chi connectivity index (χ2v) is 4.23. The SMILES string of the molecule is Cc1cc(-c2nc(-c3cccc(N)c3)no2)ccn1. The van der Waals surface area contributed by atoms with E-state index in [9.17, 15) is 0 Å². The molecule has 0 saturated heterocycles. The predicted octanol–water partition coefficient (Wildman–Crippen LogP) is 2.69. The second-order valence-electron chi connectivity index (χ2n) is 4.23. The third kappa shape index (κ3) is 2.30. The number of benzene rings is 1. The van der Waals surface area contributed by atoms with E-state index in [1.165, 1.54) is 0 Å². The highest BCUT2D eigenvalue weighted by atomic mass is 16.5. The topological polar surface area (TPSA) is 77.8 Å². The van der Waals surface area contributed by atoms with Crippen molar-refractivity contribution < 1.29 is 4.52 Å². The van der Waals surface area contributed by atoms with Gasteiger partial charge in [-0.2, -0.15) is 4.98 Å². The van der Waals surface area contributed by atoms with Crippen LogP contribution in [0.15, 0.2) is 47.1 Å². The minimum Gasteiger partial charge on any atom is -0.399 e. The number of anilines is 1. The van der Waals surface area contributed by atoms with Crippen LogP contribution in [0.2, 0.25) is 0 Å². The summed E-state index contributed by atoms with van der Waals surface area (Å²) in [7, 11) is 0. The van der Waals surface area contributed by atoms with Crippen molar-refractivity contribution >= 4 is 5.69 Å². The molecule has 0 aliphatic carbocycles. The Morgan fingerprint density at radius 3 is 2.79 bits per heavy atom. The van der Waals surface area contributed by atoms with Crippen LogP contribution in [0.25, 0.3) is 22.8 Å². The summed E-state index contributed by atoms with van der Waals surface area (Å²) in [4.78, 5) is 8.51. The average molecular weight is 252 g/mol. The molecule has 5 heteroatoms. The second kappa shape index (κ2) is 4.53. The Balaban J connectivity index is 2.00. The van der Waals surface area contributed by atoms with Gasteiger partial charge in [-0.1, -0.05) is 17.3 Å². The lowest BCUT2D eigenvalue weighted by atomic mass is 10.2. The normalized spacial score (nSPS) is 10.6. The van der Waals surface area contributed by atoms with Crippen LogP contribution in [0.3, 0.4) is 0 Å². The lowest BCUT2D eigenvalue weighted by molar-refractivity contribution is 0.432. The summed E-state index contributed by atoms with van der Waals surface area (Å²) in [5, 5.41) is 3.97. The van der Waals surface area contributed by atoms with E-state index in [1.807, 2.05) is 43.3 Å². The van der Waals surface area contributed by atoms with Crippen molar-refractivity contribution in [2.75, 3.05) is 5.73 Å². The highest BCUT2D eigenvalue weighted by molar-refractivity contribution is 5.63. The van der Waals surface area contributed by atoms with E-state index in [2.05, 4.69) is 15.1 Å². The van der Waals surface area contributed by atoms with Crippen molar-refractivity contribution in [2.45, 2.75) is 6.92 Å². The minimum absolute atomic E-state index is 0.475. The smallest absolute Gasteiger partial charge is 0.258 e. The molecule has 0 aliphatic heterocycles. The maximum atomic E-state index is 5.74. The van der Waals surface area contributed by atoms with Crippen LogP contribution in [-0.4, -0.2) is 15.1 Å². The van der Waals surface area contributed by atoms with Gasteiger partial charge < -0.3 is 10.3 Å². The molecule has 0 amide bonds. The number of nitrogens with zero attached hydrogens (tertiary/aromatic N) is 3. The summed E-state index contributed by atoms with van der Waals surface area (Å²) in [5.41, 5.74) is 9.00. The zero-order valence-electron chi connectivity index (χ0n) is 10.4. The number of pyridine rings is 1. The average Bonchev–Trinajstić information content (AvgIpc) is 2.88. The maximum Gasteiger partial charge on any atom is 0.258 e. The summed E-state index contributed by atoms with van der Waals surface area (Å²) < 4.78 is 5.27. The maximum absolute atomic E-state index is 5.74. The number of nitrogens with two attached hydrogens (primary N) is 1. The monoisotopic (exact) mass is 252 g/mol. The van der Waals surface area contributed by atoms with Gasteiger partial charge in [0.05, 0.1) is 0 Å². The van der Waals surface area contributed by atoms with Gasteiger partial charge in [-0.15, -0.1) is 0 Å². The Labute approximate surface area is 110 Å². The number of aryl methyl sites for hydroxylation is 1. The number of rotatable bonds is 2. The third-order valence-corrected chi connectivity index (χ3v) is 2.71. The molecule has 0 unspecified atom stereocenters. The van der Waals surface area contributed by atoms with Gasteiger partial charge in [-0.25, -0.2) is 0 Å². The summed E-state index contributed by atoms with van der Waals surface area (Å²) in [6.45, 7) is 1.92. The molecule has 5 nitrogen and oxygen atoms in total. The van der Waals surface area contributed by atoms with Gasteiger partial charge in [-0.3, -0.25) is 4.98 Å². The van der Waals surface area contributed by atoms with Crippen molar-refractivity contribution in [2.24, 2.45) is 0 Å². The van der Waals surface area contributed by atoms with E-state index >= 15 is 0 Å². The van der Waals surface area contributed by atoms with Crippen LogP contribution >= 0.6 is 0 Å². The molecule has 0 saturated carbocycles. The van der Waals surface area contributed by atoms with Crippen molar-refractivity contribution in [1.82, 2.24) is 15.1 Å². The lowest BCUT2D eigenvalue weighted by Gasteiger charge is -1.96. The van der Waals surface area contributed by atoms with Crippen LogP contribution in [0.1, 0.15) is 5.69 Å². The minimum atomic E-state index is 0.475. The summed E-state index contributed by atoms with van der Waals surface area (Å²) in [5.74, 6) is 1.000. The van der Waals surface area contributed by atoms with E-state index in [4.69, 9.17) is 10.3 Å². The fourth-order valence-electron chi connectivity index (χ4n) is 1.81. The molecule has 1 aromatic carbocycles. The number of aromatic nitrogens is 3. The Morgan fingerprint density at radius 2 is 2.00 bits per heavy atom. The van der Waals surface area contributed by atoms with Gasteiger partial charge in [0.15, 0.2) is 0 Å². The molecule has 3 rings (SSSR count). The van der Waals surface area contributed by atoms with E-state index in [-0.39, 0.29) is 0 Å². The van der Waals surface area contributed by atoms with Gasteiger partial charge in [0, 0.05) is 28.7 Å². The van der Waals surface area contributed by atoms with Gasteiger partial charge in [-0.05, 0) is 31.2 Å².